The van der Waals surface area contributed by atoms with Gasteiger partial charge >= 0.3 is 5.97 Å². The lowest BCUT2D eigenvalue weighted by atomic mass is 9.88. The molecule has 2 nitrogen and oxygen atoms in total. The molecule has 0 heterocycles. The van der Waals surface area contributed by atoms with E-state index < -0.39 is 5.97 Å². The second kappa shape index (κ2) is 4.10. The molecule has 0 fully saturated rings. The van der Waals surface area contributed by atoms with Crippen molar-refractivity contribution in [2.24, 2.45) is 11.8 Å². The molecule has 2 heteroatoms. The van der Waals surface area contributed by atoms with Gasteiger partial charge in [0.15, 0.2) is 0 Å². The molecule has 0 bridgehead atoms. The van der Waals surface area contributed by atoms with E-state index in [0.29, 0.717) is 6.42 Å². The van der Waals surface area contributed by atoms with E-state index in [1.54, 1.807) is 6.08 Å². The van der Waals surface area contributed by atoms with Crippen LogP contribution >= 0.6 is 0 Å². The Labute approximate surface area is 72.6 Å². The van der Waals surface area contributed by atoms with Gasteiger partial charge in [0.1, 0.15) is 0 Å². The second-order valence-electron chi connectivity index (χ2n) is 3.13. The van der Waals surface area contributed by atoms with Gasteiger partial charge in [-0.1, -0.05) is 18.2 Å². The van der Waals surface area contributed by atoms with Crippen molar-refractivity contribution in [1.82, 2.24) is 0 Å². The average molecular weight is 166 g/mol. The summed E-state index contributed by atoms with van der Waals surface area (Å²) in [6, 6.07) is 0. The smallest absolute Gasteiger partial charge is 0.307 e. The van der Waals surface area contributed by atoms with Gasteiger partial charge in [0.05, 0.1) is 5.92 Å². The molecule has 0 aromatic carbocycles. The molecule has 0 aliphatic heterocycles. The van der Waals surface area contributed by atoms with Crippen molar-refractivity contribution in [3.05, 3.63) is 24.8 Å². The summed E-state index contributed by atoms with van der Waals surface area (Å²) < 4.78 is 0. The maximum Gasteiger partial charge on any atom is 0.307 e. The summed E-state index contributed by atoms with van der Waals surface area (Å²) in [6.45, 7) is 3.67. The van der Waals surface area contributed by atoms with Gasteiger partial charge in [-0.2, -0.15) is 0 Å². The van der Waals surface area contributed by atoms with Crippen molar-refractivity contribution in [2.75, 3.05) is 0 Å². The average Bonchev–Trinajstić information content (AvgIpc) is 2.27. The lowest BCUT2D eigenvalue weighted by Gasteiger charge is -2.16. The molecule has 0 radical (unpaired) electrons. The minimum Gasteiger partial charge on any atom is -0.481 e. The van der Waals surface area contributed by atoms with Crippen LogP contribution in [0.15, 0.2) is 24.8 Å². The number of carboxylic acids is 1. The zero-order valence-corrected chi connectivity index (χ0v) is 7.07. The molecule has 1 aliphatic carbocycles. The lowest BCUT2D eigenvalue weighted by Crippen LogP contribution is -2.20. The summed E-state index contributed by atoms with van der Waals surface area (Å²) in [6.07, 6.45) is 8.32. The Morgan fingerprint density at radius 2 is 2.33 bits per heavy atom. The minimum atomic E-state index is -0.702. The Kier molecular flexibility index (Phi) is 3.09. The molecule has 66 valence electrons. The number of hydrogen-bond donors (Lipinski definition) is 1. The first-order valence-corrected chi connectivity index (χ1v) is 4.26. The van der Waals surface area contributed by atoms with E-state index in [2.05, 4.69) is 12.7 Å². The molecule has 0 amide bonds. The van der Waals surface area contributed by atoms with E-state index in [0.717, 1.165) is 12.8 Å². The molecule has 12 heavy (non-hydrogen) atoms. The standard InChI is InChI=1S/C10H14O2/c1-2-8-6-4-3-5-7-9(8)10(11)12/h2-3,5,8-9H,1,4,6-7H2,(H,11,12). The highest BCUT2D eigenvalue weighted by atomic mass is 16.4. The van der Waals surface area contributed by atoms with Gasteiger partial charge in [0.2, 0.25) is 0 Å². The van der Waals surface area contributed by atoms with Crippen LogP contribution in [0.25, 0.3) is 0 Å². The maximum absolute atomic E-state index is 10.8. The lowest BCUT2D eigenvalue weighted by molar-refractivity contribution is -0.142. The van der Waals surface area contributed by atoms with Gasteiger partial charge in [-0.3, -0.25) is 4.79 Å². The highest BCUT2D eigenvalue weighted by Crippen LogP contribution is 2.26. The largest absolute Gasteiger partial charge is 0.481 e. The maximum atomic E-state index is 10.8. The van der Waals surface area contributed by atoms with Crippen molar-refractivity contribution in [1.29, 1.82) is 0 Å². The van der Waals surface area contributed by atoms with Crippen LogP contribution in [-0.2, 0) is 4.79 Å². The van der Waals surface area contributed by atoms with Crippen LogP contribution in [0.1, 0.15) is 19.3 Å². The number of carboxylic acid groups (broad SMARTS) is 1. The van der Waals surface area contributed by atoms with Gasteiger partial charge in [-0.25, -0.2) is 0 Å². The quantitative estimate of drug-likeness (QED) is 0.639. The van der Waals surface area contributed by atoms with Gasteiger partial charge < -0.3 is 5.11 Å². The first-order chi connectivity index (χ1) is 5.75. The number of hydrogen-bond acceptors (Lipinski definition) is 1. The number of rotatable bonds is 2. The van der Waals surface area contributed by atoms with Gasteiger partial charge in [-0.05, 0) is 25.2 Å². The van der Waals surface area contributed by atoms with Crippen LogP contribution in [0.2, 0.25) is 0 Å². The molecule has 0 aromatic rings. The first-order valence-electron chi connectivity index (χ1n) is 4.26. The molecule has 2 atom stereocenters. The normalized spacial score (nSPS) is 29.3. The van der Waals surface area contributed by atoms with Crippen LogP contribution in [0.5, 0.6) is 0 Å². The summed E-state index contributed by atoms with van der Waals surface area (Å²) in [5, 5.41) is 8.88. The molecular weight excluding hydrogens is 152 g/mol. The van der Waals surface area contributed by atoms with Crippen LogP contribution in [-0.4, -0.2) is 11.1 Å². The van der Waals surface area contributed by atoms with Crippen molar-refractivity contribution in [3.63, 3.8) is 0 Å². The van der Waals surface area contributed by atoms with Crippen molar-refractivity contribution in [2.45, 2.75) is 19.3 Å². The topological polar surface area (TPSA) is 37.3 Å². The predicted octanol–water partition coefficient (Wildman–Crippen LogP) is 2.23. The molecule has 1 aliphatic rings. The summed E-state index contributed by atoms with van der Waals surface area (Å²) in [5.41, 5.74) is 0. The Hall–Kier alpha value is -1.05. The first kappa shape index (κ1) is 9.04. The Morgan fingerprint density at radius 1 is 1.58 bits per heavy atom. The molecule has 1 N–H and O–H groups in total. The highest BCUT2D eigenvalue weighted by Gasteiger charge is 2.25. The van der Waals surface area contributed by atoms with E-state index in [-0.39, 0.29) is 11.8 Å². The third-order valence-electron chi connectivity index (χ3n) is 2.36. The third kappa shape index (κ3) is 1.97. The molecule has 2 unspecified atom stereocenters. The minimum absolute atomic E-state index is 0.137. The molecule has 1 rings (SSSR count). The zero-order valence-electron chi connectivity index (χ0n) is 7.07. The Morgan fingerprint density at radius 3 is 2.92 bits per heavy atom. The Bertz CT molecular complexity index is 206. The van der Waals surface area contributed by atoms with Gasteiger partial charge in [0, 0.05) is 0 Å². The predicted molar refractivity (Wildman–Crippen MR) is 47.8 cm³/mol. The molecule has 0 spiro atoms. The summed E-state index contributed by atoms with van der Waals surface area (Å²) in [5.74, 6) is -0.829. The fourth-order valence-electron chi connectivity index (χ4n) is 1.59. The van der Waals surface area contributed by atoms with Crippen molar-refractivity contribution in [3.8, 4) is 0 Å². The number of carbonyl (C=O) groups is 1. The van der Waals surface area contributed by atoms with Crippen LogP contribution in [0, 0.1) is 11.8 Å². The second-order valence-corrected chi connectivity index (χ2v) is 3.13. The van der Waals surface area contributed by atoms with E-state index in [9.17, 15) is 4.79 Å². The fourth-order valence-corrected chi connectivity index (χ4v) is 1.59. The SMILES string of the molecule is C=CC1CCC=CCC1C(=O)O. The van der Waals surface area contributed by atoms with E-state index in [1.165, 1.54) is 0 Å². The highest BCUT2D eigenvalue weighted by molar-refractivity contribution is 5.71. The zero-order chi connectivity index (χ0) is 8.97. The number of allylic oxidation sites excluding steroid dienone is 3. The third-order valence-corrected chi connectivity index (χ3v) is 2.36. The van der Waals surface area contributed by atoms with E-state index >= 15 is 0 Å². The monoisotopic (exact) mass is 166 g/mol. The van der Waals surface area contributed by atoms with Gasteiger partial charge in [0.25, 0.3) is 0 Å². The van der Waals surface area contributed by atoms with Crippen molar-refractivity contribution < 1.29 is 9.90 Å². The van der Waals surface area contributed by atoms with Crippen LogP contribution < -0.4 is 0 Å². The number of aliphatic carboxylic acids is 1. The molecule has 0 aromatic heterocycles. The van der Waals surface area contributed by atoms with Gasteiger partial charge in [-0.15, -0.1) is 6.58 Å². The van der Waals surface area contributed by atoms with Crippen LogP contribution in [0.4, 0.5) is 0 Å². The fraction of sp³-hybridized carbons (Fsp3) is 0.500. The Balaban J connectivity index is 2.70. The van der Waals surface area contributed by atoms with E-state index in [1.807, 2.05) is 6.08 Å². The molecular formula is C10H14O2. The van der Waals surface area contributed by atoms with Crippen molar-refractivity contribution >= 4 is 5.97 Å². The summed E-state index contributed by atoms with van der Waals surface area (Å²) in [4.78, 5) is 10.8. The van der Waals surface area contributed by atoms with E-state index in [4.69, 9.17) is 5.11 Å². The summed E-state index contributed by atoms with van der Waals surface area (Å²) >= 11 is 0. The molecule has 0 saturated carbocycles. The van der Waals surface area contributed by atoms with Crippen LogP contribution in [0.3, 0.4) is 0 Å². The molecule has 0 saturated heterocycles. The summed E-state index contributed by atoms with van der Waals surface area (Å²) in [7, 11) is 0.